The van der Waals surface area contributed by atoms with Crippen molar-refractivity contribution >= 4 is 51.4 Å². The van der Waals surface area contributed by atoms with E-state index in [0.717, 1.165) is 67.5 Å². The van der Waals surface area contributed by atoms with Crippen LogP contribution in [0.15, 0.2) is 199 Å². The van der Waals surface area contributed by atoms with E-state index in [9.17, 15) is 4.79 Å². The molecule has 51 heavy (non-hydrogen) atoms. The number of hydrogen-bond donors (Lipinski definition) is 0. The zero-order valence-corrected chi connectivity index (χ0v) is 27.6. The molecule has 1 aliphatic carbocycles. The van der Waals surface area contributed by atoms with E-state index in [4.69, 9.17) is 4.84 Å². The zero-order valence-electron chi connectivity index (χ0n) is 27.6. The van der Waals surface area contributed by atoms with Crippen LogP contribution in [-0.2, 0) is 9.63 Å². The Morgan fingerprint density at radius 3 is 1.14 bits per heavy atom. The van der Waals surface area contributed by atoms with Gasteiger partial charge in [0.1, 0.15) is 11.3 Å². The van der Waals surface area contributed by atoms with Gasteiger partial charge in [-0.1, -0.05) is 120 Å². The van der Waals surface area contributed by atoms with Crippen molar-refractivity contribution in [2.24, 2.45) is 5.16 Å². The Kier molecular flexibility index (Phi) is 7.56. The van der Waals surface area contributed by atoms with E-state index in [-0.39, 0.29) is 0 Å². The topological polar surface area (TPSA) is 45.1 Å². The molecule has 0 amide bonds. The van der Waals surface area contributed by atoms with Crippen LogP contribution < -0.4 is 9.80 Å². The summed E-state index contributed by atoms with van der Waals surface area (Å²) < 4.78 is 0. The van der Waals surface area contributed by atoms with Crippen LogP contribution in [0.1, 0.15) is 16.7 Å². The third kappa shape index (κ3) is 5.38. The van der Waals surface area contributed by atoms with Crippen LogP contribution in [0.2, 0.25) is 0 Å². The molecule has 5 heteroatoms. The van der Waals surface area contributed by atoms with Crippen molar-refractivity contribution in [2.45, 2.75) is 0 Å². The van der Waals surface area contributed by atoms with Crippen molar-refractivity contribution in [1.82, 2.24) is 0 Å². The maximum absolute atomic E-state index is 13.6. The third-order valence-corrected chi connectivity index (χ3v) is 9.37. The SMILES string of the molecule is O=C1ON=C(c2ccccc2)C1=C1c2ccc(N(c3ccccc3)c3ccccc3)cc2-c2cc(N(c3ccccc3)c3ccccc3)ccc21. The molecule has 0 bridgehead atoms. The number of hydrogen-bond acceptors (Lipinski definition) is 5. The highest BCUT2D eigenvalue weighted by molar-refractivity contribution is 6.35. The van der Waals surface area contributed by atoms with Crippen LogP contribution in [0.3, 0.4) is 0 Å². The number of benzene rings is 7. The van der Waals surface area contributed by atoms with Crippen LogP contribution in [0.5, 0.6) is 0 Å². The maximum Gasteiger partial charge on any atom is 0.368 e. The van der Waals surface area contributed by atoms with Gasteiger partial charge < -0.3 is 14.6 Å². The van der Waals surface area contributed by atoms with Crippen molar-refractivity contribution in [3.05, 3.63) is 210 Å². The molecule has 2 aliphatic rings. The molecule has 0 atom stereocenters. The fourth-order valence-electron chi connectivity index (χ4n) is 7.13. The fourth-order valence-corrected chi connectivity index (χ4v) is 7.13. The molecular weight excluding hydrogens is 627 g/mol. The van der Waals surface area contributed by atoms with E-state index in [2.05, 4.69) is 148 Å². The second-order valence-electron chi connectivity index (χ2n) is 12.4. The molecule has 0 saturated carbocycles. The van der Waals surface area contributed by atoms with Crippen LogP contribution in [-0.4, -0.2) is 11.7 Å². The molecule has 1 aliphatic heterocycles. The first-order chi connectivity index (χ1) is 25.2. The summed E-state index contributed by atoms with van der Waals surface area (Å²) in [5.41, 5.74) is 12.8. The molecular formula is C46H31N3O2. The minimum absolute atomic E-state index is 0.457. The number of fused-ring (bicyclic) bond motifs is 3. The van der Waals surface area contributed by atoms with Gasteiger partial charge in [0, 0.05) is 45.3 Å². The average Bonchev–Trinajstić information content (AvgIpc) is 3.73. The fraction of sp³-hybridized carbons (Fsp3) is 0. The quantitative estimate of drug-likeness (QED) is 0.126. The molecule has 0 unspecified atom stereocenters. The van der Waals surface area contributed by atoms with Gasteiger partial charge in [0.25, 0.3) is 0 Å². The Bertz CT molecular complexity index is 2230. The van der Waals surface area contributed by atoms with Gasteiger partial charge in [-0.15, -0.1) is 0 Å². The highest BCUT2D eigenvalue weighted by atomic mass is 16.7. The molecule has 242 valence electrons. The number of para-hydroxylation sites is 4. The van der Waals surface area contributed by atoms with Gasteiger partial charge in [0.15, 0.2) is 0 Å². The predicted octanol–water partition coefficient (Wildman–Crippen LogP) is 11.4. The van der Waals surface area contributed by atoms with Crippen molar-refractivity contribution < 1.29 is 9.63 Å². The number of carbonyl (C=O) groups excluding carboxylic acids is 1. The van der Waals surface area contributed by atoms with Crippen LogP contribution in [0.4, 0.5) is 34.1 Å². The standard InChI is InChI=1S/C46H31N3O2/c50-46-44(45(47-51-46)32-16-6-1-7-17-32)43-39-28-26-37(48(33-18-8-2-9-19-33)34-20-10-3-11-21-34)30-41(39)42-31-38(27-29-40(42)43)49(35-22-12-4-13-23-35)36-24-14-5-15-25-36/h1-31H. The molecule has 5 nitrogen and oxygen atoms in total. The van der Waals surface area contributed by atoms with Crippen molar-refractivity contribution in [1.29, 1.82) is 0 Å². The largest absolute Gasteiger partial charge is 0.368 e. The summed E-state index contributed by atoms with van der Waals surface area (Å²) in [5.74, 6) is -0.457. The van der Waals surface area contributed by atoms with Gasteiger partial charge in [-0.05, 0) is 95.1 Å². The van der Waals surface area contributed by atoms with E-state index < -0.39 is 5.97 Å². The van der Waals surface area contributed by atoms with E-state index in [1.54, 1.807) is 0 Å². The minimum Gasteiger partial charge on any atom is -0.312 e. The number of rotatable bonds is 7. The Morgan fingerprint density at radius 2 is 0.745 bits per heavy atom. The Hall–Kier alpha value is -6.98. The molecule has 0 radical (unpaired) electrons. The first-order valence-electron chi connectivity index (χ1n) is 16.9. The number of anilines is 6. The predicted molar refractivity (Wildman–Crippen MR) is 206 cm³/mol. The average molecular weight is 658 g/mol. The molecule has 0 spiro atoms. The first kappa shape index (κ1) is 30.1. The lowest BCUT2D eigenvalue weighted by Crippen LogP contribution is -2.11. The molecule has 7 aromatic carbocycles. The molecule has 0 N–H and O–H groups in total. The van der Waals surface area contributed by atoms with Crippen LogP contribution in [0, 0.1) is 0 Å². The Balaban J connectivity index is 1.29. The summed E-state index contributed by atoms with van der Waals surface area (Å²) in [5, 5.41) is 4.30. The second kappa shape index (κ2) is 12.8. The summed E-state index contributed by atoms with van der Waals surface area (Å²) in [6, 6.07) is 64.3. The van der Waals surface area contributed by atoms with E-state index in [0.29, 0.717) is 11.3 Å². The summed E-state index contributed by atoms with van der Waals surface area (Å²) in [6.45, 7) is 0. The highest BCUT2D eigenvalue weighted by Crippen LogP contribution is 2.51. The van der Waals surface area contributed by atoms with Gasteiger partial charge in [-0.2, -0.15) is 0 Å². The lowest BCUT2D eigenvalue weighted by molar-refractivity contribution is -0.136. The van der Waals surface area contributed by atoms with Crippen molar-refractivity contribution in [2.75, 3.05) is 9.80 Å². The number of carbonyl (C=O) groups is 1. The molecule has 1 heterocycles. The second-order valence-corrected chi connectivity index (χ2v) is 12.4. The van der Waals surface area contributed by atoms with E-state index in [1.807, 2.05) is 54.6 Å². The van der Waals surface area contributed by atoms with Gasteiger partial charge in [0.2, 0.25) is 0 Å². The molecule has 0 aromatic heterocycles. The normalized spacial score (nSPS) is 12.9. The first-order valence-corrected chi connectivity index (χ1v) is 16.9. The molecule has 9 rings (SSSR count). The number of oxime groups is 1. The van der Waals surface area contributed by atoms with Gasteiger partial charge in [0.05, 0.1) is 0 Å². The zero-order chi connectivity index (χ0) is 34.1. The van der Waals surface area contributed by atoms with Crippen LogP contribution in [0.25, 0.3) is 16.7 Å². The van der Waals surface area contributed by atoms with Crippen molar-refractivity contribution in [3.8, 4) is 11.1 Å². The summed E-state index contributed by atoms with van der Waals surface area (Å²) in [6.07, 6.45) is 0. The van der Waals surface area contributed by atoms with Crippen molar-refractivity contribution in [3.63, 3.8) is 0 Å². The highest BCUT2D eigenvalue weighted by Gasteiger charge is 2.36. The lowest BCUT2D eigenvalue weighted by atomic mass is 9.92. The smallest absolute Gasteiger partial charge is 0.312 e. The number of nitrogens with zero attached hydrogens (tertiary/aromatic N) is 3. The summed E-state index contributed by atoms with van der Waals surface area (Å²) >= 11 is 0. The minimum atomic E-state index is -0.457. The molecule has 0 fully saturated rings. The maximum atomic E-state index is 13.6. The monoisotopic (exact) mass is 657 g/mol. The summed E-state index contributed by atoms with van der Waals surface area (Å²) in [7, 11) is 0. The van der Waals surface area contributed by atoms with E-state index in [1.165, 1.54) is 0 Å². The third-order valence-electron chi connectivity index (χ3n) is 9.37. The molecule has 0 saturated heterocycles. The Morgan fingerprint density at radius 1 is 0.373 bits per heavy atom. The Labute approximate surface area is 296 Å². The van der Waals surface area contributed by atoms with Gasteiger partial charge in [-0.25, -0.2) is 4.79 Å². The van der Waals surface area contributed by atoms with Gasteiger partial charge >= 0.3 is 5.97 Å². The van der Waals surface area contributed by atoms with Gasteiger partial charge in [-0.3, -0.25) is 0 Å². The molecule has 7 aromatic rings. The van der Waals surface area contributed by atoms with Crippen LogP contribution >= 0.6 is 0 Å². The van der Waals surface area contributed by atoms with E-state index >= 15 is 0 Å². The lowest BCUT2D eigenvalue weighted by Gasteiger charge is -2.26. The summed E-state index contributed by atoms with van der Waals surface area (Å²) in [4.78, 5) is 23.6.